The largest absolute Gasteiger partial charge is 0.394 e. The van der Waals surface area contributed by atoms with E-state index >= 15 is 0 Å². The Kier molecular flexibility index (Phi) is 3.80. The highest BCUT2D eigenvalue weighted by Crippen LogP contribution is 2.31. The van der Waals surface area contributed by atoms with E-state index in [2.05, 4.69) is 5.32 Å². The van der Waals surface area contributed by atoms with Crippen molar-refractivity contribution in [3.8, 4) is 0 Å². The molecule has 100 valence electrons. The molecule has 5 heteroatoms. The number of aliphatic hydroxyl groups is 1. The van der Waals surface area contributed by atoms with Gasteiger partial charge in [-0.1, -0.05) is 6.42 Å². The van der Waals surface area contributed by atoms with Gasteiger partial charge in [0.05, 0.1) is 17.6 Å². The van der Waals surface area contributed by atoms with Crippen molar-refractivity contribution in [1.29, 1.82) is 0 Å². The van der Waals surface area contributed by atoms with Gasteiger partial charge in [-0.25, -0.2) is 8.42 Å². The van der Waals surface area contributed by atoms with Gasteiger partial charge in [0.2, 0.25) is 0 Å². The maximum atomic E-state index is 11.9. The number of hydrogen-bond donors (Lipinski definition) is 2. The fraction of sp³-hybridized carbons (Fsp3) is 1.00. The van der Waals surface area contributed by atoms with Crippen LogP contribution in [0.2, 0.25) is 0 Å². The lowest BCUT2D eigenvalue weighted by molar-refractivity contribution is 0.188. The Hall–Kier alpha value is -0.130. The zero-order chi connectivity index (χ0) is 12.5. The number of sulfone groups is 1. The highest BCUT2D eigenvalue weighted by Gasteiger charge is 2.38. The monoisotopic (exact) mass is 261 g/mol. The molecule has 2 saturated heterocycles. The van der Waals surface area contributed by atoms with Crippen molar-refractivity contribution in [3.05, 3.63) is 0 Å². The van der Waals surface area contributed by atoms with Crippen LogP contribution < -0.4 is 5.32 Å². The van der Waals surface area contributed by atoms with Gasteiger partial charge in [-0.2, -0.15) is 0 Å². The van der Waals surface area contributed by atoms with E-state index in [4.69, 9.17) is 0 Å². The molecule has 2 fully saturated rings. The van der Waals surface area contributed by atoms with Crippen LogP contribution >= 0.6 is 0 Å². The fourth-order valence-corrected chi connectivity index (χ4v) is 5.15. The lowest BCUT2D eigenvalue weighted by Crippen LogP contribution is -2.39. The predicted molar refractivity (Wildman–Crippen MR) is 67.6 cm³/mol. The van der Waals surface area contributed by atoms with Crippen molar-refractivity contribution in [1.82, 2.24) is 5.32 Å². The summed E-state index contributed by atoms with van der Waals surface area (Å²) in [6.07, 6.45) is 4.35. The van der Waals surface area contributed by atoms with Crippen LogP contribution in [0, 0.1) is 5.92 Å². The van der Waals surface area contributed by atoms with Gasteiger partial charge in [-0.05, 0) is 45.1 Å². The first-order valence-corrected chi connectivity index (χ1v) is 8.24. The molecule has 0 amide bonds. The molecule has 0 radical (unpaired) electrons. The number of rotatable bonds is 3. The van der Waals surface area contributed by atoms with Crippen LogP contribution in [-0.4, -0.2) is 43.2 Å². The molecule has 0 aromatic heterocycles. The van der Waals surface area contributed by atoms with Gasteiger partial charge in [0, 0.05) is 5.54 Å². The van der Waals surface area contributed by atoms with E-state index in [0.717, 1.165) is 38.6 Å². The zero-order valence-corrected chi connectivity index (χ0v) is 11.3. The standard InChI is InChI=1S/C12H23NO3S/c1-12(9-14)7-10(8-13-12)6-11-4-2-3-5-17(11,15)16/h10-11,13-14H,2-9H2,1H3. The average molecular weight is 261 g/mol. The van der Waals surface area contributed by atoms with Gasteiger partial charge >= 0.3 is 0 Å². The van der Waals surface area contributed by atoms with Crippen LogP contribution in [0.1, 0.15) is 39.0 Å². The fourth-order valence-electron chi connectivity index (χ4n) is 3.12. The molecule has 3 unspecified atom stereocenters. The first-order chi connectivity index (χ1) is 7.95. The third kappa shape index (κ3) is 3.01. The topological polar surface area (TPSA) is 66.4 Å². The first kappa shape index (κ1) is 13.3. The molecular formula is C12H23NO3S. The van der Waals surface area contributed by atoms with Crippen LogP contribution in [0.15, 0.2) is 0 Å². The molecule has 0 aromatic carbocycles. The Morgan fingerprint density at radius 2 is 2.18 bits per heavy atom. The molecule has 2 aliphatic rings. The zero-order valence-electron chi connectivity index (χ0n) is 10.5. The van der Waals surface area contributed by atoms with Crippen molar-refractivity contribution in [2.75, 3.05) is 18.9 Å². The Labute approximate surface area is 104 Å². The Morgan fingerprint density at radius 3 is 2.76 bits per heavy atom. The molecular weight excluding hydrogens is 238 g/mol. The summed E-state index contributed by atoms with van der Waals surface area (Å²) >= 11 is 0. The van der Waals surface area contributed by atoms with Crippen LogP contribution in [-0.2, 0) is 9.84 Å². The lowest BCUT2D eigenvalue weighted by Gasteiger charge is -2.25. The highest BCUT2D eigenvalue weighted by atomic mass is 32.2. The van der Waals surface area contributed by atoms with Gasteiger partial charge in [0.25, 0.3) is 0 Å². The average Bonchev–Trinajstić information content (AvgIpc) is 2.64. The summed E-state index contributed by atoms with van der Waals surface area (Å²) in [5.41, 5.74) is -0.205. The van der Waals surface area contributed by atoms with Crippen molar-refractivity contribution < 1.29 is 13.5 Å². The van der Waals surface area contributed by atoms with Gasteiger partial charge in [-0.3, -0.25) is 0 Å². The lowest BCUT2D eigenvalue weighted by atomic mass is 9.91. The van der Waals surface area contributed by atoms with E-state index in [1.807, 2.05) is 6.92 Å². The molecule has 0 spiro atoms. The van der Waals surface area contributed by atoms with E-state index in [9.17, 15) is 13.5 Å². The molecule has 0 bridgehead atoms. The predicted octanol–water partition coefficient (Wildman–Crippen LogP) is 0.704. The van der Waals surface area contributed by atoms with Crippen LogP contribution in [0.5, 0.6) is 0 Å². The minimum absolute atomic E-state index is 0.126. The first-order valence-electron chi connectivity index (χ1n) is 6.53. The van der Waals surface area contributed by atoms with Gasteiger partial charge in [-0.15, -0.1) is 0 Å². The molecule has 0 aromatic rings. The molecule has 3 atom stereocenters. The molecule has 2 rings (SSSR count). The molecule has 4 nitrogen and oxygen atoms in total. The van der Waals surface area contributed by atoms with Crippen molar-refractivity contribution in [2.45, 2.75) is 49.8 Å². The molecule has 2 N–H and O–H groups in total. The van der Waals surface area contributed by atoms with Gasteiger partial charge in [0.1, 0.15) is 0 Å². The summed E-state index contributed by atoms with van der Waals surface area (Å²) in [5, 5.41) is 12.4. The quantitative estimate of drug-likeness (QED) is 0.785. The molecule has 2 aliphatic heterocycles. The Balaban J connectivity index is 1.94. The van der Waals surface area contributed by atoms with Crippen molar-refractivity contribution >= 4 is 9.84 Å². The minimum Gasteiger partial charge on any atom is -0.394 e. The highest BCUT2D eigenvalue weighted by molar-refractivity contribution is 7.92. The third-order valence-corrected chi connectivity index (χ3v) is 6.52. The second kappa shape index (κ2) is 4.86. The minimum atomic E-state index is -2.85. The second-order valence-electron chi connectivity index (χ2n) is 5.89. The van der Waals surface area contributed by atoms with Crippen LogP contribution in [0.4, 0.5) is 0 Å². The smallest absolute Gasteiger partial charge is 0.153 e. The summed E-state index contributed by atoms with van der Waals surface area (Å²) in [6.45, 7) is 2.96. The molecule has 2 heterocycles. The summed E-state index contributed by atoms with van der Waals surface area (Å²) in [5.74, 6) is 0.764. The summed E-state index contributed by atoms with van der Waals surface area (Å²) < 4.78 is 23.9. The van der Waals surface area contributed by atoms with E-state index in [1.54, 1.807) is 0 Å². The third-order valence-electron chi connectivity index (χ3n) is 4.21. The second-order valence-corrected chi connectivity index (χ2v) is 8.29. The van der Waals surface area contributed by atoms with E-state index in [-0.39, 0.29) is 17.4 Å². The van der Waals surface area contributed by atoms with E-state index in [1.165, 1.54) is 0 Å². The Bertz CT molecular complexity index is 368. The van der Waals surface area contributed by atoms with Crippen LogP contribution in [0.3, 0.4) is 0 Å². The number of hydrogen-bond acceptors (Lipinski definition) is 4. The SMILES string of the molecule is CC1(CO)CC(CC2CCCCS2(=O)=O)CN1. The van der Waals surface area contributed by atoms with E-state index in [0.29, 0.717) is 11.7 Å². The van der Waals surface area contributed by atoms with Crippen LogP contribution in [0.25, 0.3) is 0 Å². The van der Waals surface area contributed by atoms with Gasteiger partial charge in [0.15, 0.2) is 9.84 Å². The Morgan fingerprint density at radius 1 is 1.41 bits per heavy atom. The molecule has 0 aliphatic carbocycles. The molecule has 17 heavy (non-hydrogen) atoms. The van der Waals surface area contributed by atoms with Gasteiger partial charge < -0.3 is 10.4 Å². The summed E-state index contributed by atoms with van der Waals surface area (Å²) in [6, 6.07) is 0. The van der Waals surface area contributed by atoms with Crippen molar-refractivity contribution in [3.63, 3.8) is 0 Å². The maximum absolute atomic E-state index is 11.9. The summed E-state index contributed by atoms with van der Waals surface area (Å²) in [7, 11) is -2.85. The maximum Gasteiger partial charge on any atom is 0.153 e. The van der Waals surface area contributed by atoms with Crippen molar-refractivity contribution in [2.24, 2.45) is 5.92 Å². The normalized spacial score (nSPS) is 41.5. The van der Waals surface area contributed by atoms with E-state index < -0.39 is 9.84 Å². The number of nitrogens with one attached hydrogen (secondary N) is 1. The number of aliphatic hydroxyl groups excluding tert-OH is 1. The summed E-state index contributed by atoms with van der Waals surface area (Å²) in [4.78, 5) is 0. The molecule has 0 saturated carbocycles.